The van der Waals surface area contributed by atoms with E-state index >= 15 is 0 Å². The van der Waals surface area contributed by atoms with Gasteiger partial charge < -0.3 is 0 Å². The van der Waals surface area contributed by atoms with Crippen molar-refractivity contribution in [3.8, 4) is 0 Å². The maximum absolute atomic E-state index is 5.60. The van der Waals surface area contributed by atoms with Gasteiger partial charge in [0.25, 0.3) is 0 Å². The van der Waals surface area contributed by atoms with Gasteiger partial charge in [0.1, 0.15) is 5.15 Å². The first-order valence-corrected chi connectivity index (χ1v) is 4.28. The van der Waals surface area contributed by atoms with Crippen molar-refractivity contribution >= 4 is 27.5 Å². The van der Waals surface area contributed by atoms with Crippen molar-refractivity contribution in [1.82, 2.24) is 9.97 Å². The van der Waals surface area contributed by atoms with Crippen LogP contribution in [0.4, 0.5) is 0 Å². The van der Waals surface area contributed by atoms with Crippen LogP contribution in [0.25, 0.3) is 0 Å². The smallest absolute Gasteiger partial charge is 0.147 e. The summed E-state index contributed by atoms with van der Waals surface area (Å²) in [4.78, 5) is 8.07. The molecule has 0 bridgehead atoms. The third-order valence-corrected chi connectivity index (χ3v) is 1.86. The van der Waals surface area contributed by atoms with E-state index in [1.807, 2.05) is 6.92 Å². The van der Waals surface area contributed by atoms with Crippen LogP contribution in [0.3, 0.4) is 0 Å². The average Bonchev–Trinajstić information content (AvgIpc) is 1.94. The molecular formula is C6H6BrClN2. The minimum atomic E-state index is 0.444. The molecule has 0 unspecified atom stereocenters. The van der Waals surface area contributed by atoms with Crippen LogP contribution < -0.4 is 0 Å². The summed E-state index contributed by atoms with van der Waals surface area (Å²) in [5, 5.41) is 1.15. The van der Waals surface area contributed by atoms with Crippen molar-refractivity contribution in [2.24, 2.45) is 0 Å². The van der Waals surface area contributed by atoms with Crippen molar-refractivity contribution in [3.05, 3.63) is 22.7 Å². The molecular weight excluding hydrogens is 215 g/mol. The van der Waals surface area contributed by atoms with Crippen molar-refractivity contribution in [2.45, 2.75) is 12.3 Å². The molecule has 2 nitrogen and oxygen atoms in total. The number of nitrogens with zero attached hydrogens (tertiary/aromatic N) is 2. The summed E-state index contributed by atoms with van der Waals surface area (Å²) < 4.78 is 0. The largest absolute Gasteiger partial charge is 0.256 e. The number of halogens is 2. The number of hydrogen-bond donors (Lipinski definition) is 0. The number of hydrogen-bond acceptors (Lipinski definition) is 2. The summed E-state index contributed by atoms with van der Waals surface area (Å²) in [6.45, 7) is 1.90. The van der Waals surface area contributed by atoms with Gasteiger partial charge in [-0.3, -0.25) is 4.98 Å². The standard InChI is InChI=1S/C6H6BrClN2/c1-4-5(2-7)10-6(8)3-9-4/h3H,2H2,1H3. The van der Waals surface area contributed by atoms with Gasteiger partial charge in [-0.2, -0.15) is 0 Å². The van der Waals surface area contributed by atoms with E-state index in [9.17, 15) is 0 Å². The summed E-state index contributed by atoms with van der Waals surface area (Å²) in [6.07, 6.45) is 1.54. The molecule has 0 radical (unpaired) electrons. The third-order valence-electron chi connectivity index (χ3n) is 1.15. The van der Waals surface area contributed by atoms with Crippen LogP contribution >= 0.6 is 27.5 Å². The Kier molecular flexibility index (Phi) is 2.63. The Morgan fingerprint density at radius 2 is 2.40 bits per heavy atom. The van der Waals surface area contributed by atoms with Crippen molar-refractivity contribution < 1.29 is 0 Å². The molecule has 1 aromatic rings. The summed E-state index contributed by atoms with van der Waals surface area (Å²) >= 11 is 8.88. The highest BCUT2D eigenvalue weighted by atomic mass is 79.9. The fourth-order valence-corrected chi connectivity index (χ4v) is 1.27. The Labute approximate surface area is 72.8 Å². The molecule has 0 spiro atoms. The van der Waals surface area contributed by atoms with E-state index < -0.39 is 0 Å². The first kappa shape index (κ1) is 7.95. The monoisotopic (exact) mass is 220 g/mol. The predicted octanol–water partition coefficient (Wildman–Crippen LogP) is 2.33. The van der Waals surface area contributed by atoms with E-state index in [0.29, 0.717) is 10.5 Å². The van der Waals surface area contributed by atoms with E-state index in [4.69, 9.17) is 11.6 Å². The molecule has 1 aromatic heterocycles. The molecule has 0 aromatic carbocycles. The predicted molar refractivity (Wildman–Crippen MR) is 44.4 cm³/mol. The van der Waals surface area contributed by atoms with Crippen LogP contribution in [0.1, 0.15) is 11.4 Å². The number of rotatable bonds is 1. The van der Waals surface area contributed by atoms with Gasteiger partial charge in [0.05, 0.1) is 17.6 Å². The zero-order valence-corrected chi connectivity index (χ0v) is 7.78. The summed E-state index contributed by atoms with van der Waals surface area (Å²) in [7, 11) is 0. The molecule has 0 atom stereocenters. The first-order chi connectivity index (χ1) is 4.74. The molecule has 0 saturated heterocycles. The van der Waals surface area contributed by atoms with Crippen LogP contribution in [0.5, 0.6) is 0 Å². The fourth-order valence-electron chi connectivity index (χ4n) is 0.590. The summed E-state index contributed by atoms with van der Waals surface area (Å²) in [5.74, 6) is 0. The summed E-state index contributed by atoms with van der Waals surface area (Å²) in [6, 6.07) is 0. The number of aromatic nitrogens is 2. The highest BCUT2D eigenvalue weighted by molar-refractivity contribution is 9.08. The van der Waals surface area contributed by atoms with E-state index in [1.165, 1.54) is 0 Å². The second-order valence-electron chi connectivity index (χ2n) is 1.86. The second kappa shape index (κ2) is 3.30. The van der Waals surface area contributed by atoms with E-state index in [2.05, 4.69) is 25.9 Å². The molecule has 0 aliphatic heterocycles. The van der Waals surface area contributed by atoms with Gasteiger partial charge in [0.15, 0.2) is 0 Å². The molecule has 0 saturated carbocycles. The van der Waals surface area contributed by atoms with Crippen LogP contribution in [0.15, 0.2) is 6.20 Å². The van der Waals surface area contributed by atoms with Crippen LogP contribution in [-0.4, -0.2) is 9.97 Å². The highest BCUT2D eigenvalue weighted by Gasteiger charge is 1.98. The SMILES string of the molecule is Cc1ncc(Cl)nc1CBr. The number of alkyl halides is 1. The molecule has 4 heteroatoms. The van der Waals surface area contributed by atoms with E-state index in [1.54, 1.807) is 6.20 Å². The first-order valence-electron chi connectivity index (χ1n) is 2.78. The van der Waals surface area contributed by atoms with Crippen molar-refractivity contribution in [1.29, 1.82) is 0 Å². The summed E-state index contributed by atoms with van der Waals surface area (Å²) in [5.41, 5.74) is 1.81. The van der Waals surface area contributed by atoms with Gasteiger partial charge >= 0.3 is 0 Å². The quantitative estimate of drug-likeness (QED) is 0.680. The molecule has 1 rings (SSSR count). The molecule has 0 amide bonds. The van der Waals surface area contributed by atoms with Gasteiger partial charge in [0, 0.05) is 5.33 Å². The topological polar surface area (TPSA) is 25.8 Å². The van der Waals surface area contributed by atoms with Gasteiger partial charge in [-0.25, -0.2) is 4.98 Å². The van der Waals surface area contributed by atoms with Gasteiger partial charge in [-0.1, -0.05) is 27.5 Å². The van der Waals surface area contributed by atoms with Gasteiger partial charge in [-0.05, 0) is 6.92 Å². The Bertz CT molecular complexity index is 239. The molecule has 0 N–H and O–H groups in total. The van der Waals surface area contributed by atoms with Crippen LogP contribution in [0, 0.1) is 6.92 Å². The minimum absolute atomic E-state index is 0.444. The Hall–Kier alpha value is -0.150. The molecule has 0 aliphatic rings. The second-order valence-corrected chi connectivity index (χ2v) is 2.81. The lowest BCUT2D eigenvalue weighted by molar-refractivity contribution is 1.04. The molecule has 54 valence electrons. The Balaban J connectivity index is 3.09. The van der Waals surface area contributed by atoms with E-state index in [0.717, 1.165) is 11.4 Å². The van der Waals surface area contributed by atoms with Crippen LogP contribution in [0.2, 0.25) is 5.15 Å². The lowest BCUT2D eigenvalue weighted by Gasteiger charge is -1.98. The number of aryl methyl sites for hydroxylation is 1. The zero-order chi connectivity index (χ0) is 7.56. The van der Waals surface area contributed by atoms with Gasteiger partial charge in [-0.15, -0.1) is 0 Å². The van der Waals surface area contributed by atoms with E-state index in [-0.39, 0.29) is 0 Å². The molecule has 10 heavy (non-hydrogen) atoms. The highest BCUT2D eigenvalue weighted by Crippen LogP contribution is 2.09. The average molecular weight is 221 g/mol. The Morgan fingerprint density at radius 3 is 2.90 bits per heavy atom. The maximum Gasteiger partial charge on any atom is 0.147 e. The molecule has 0 fully saturated rings. The molecule has 0 aliphatic carbocycles. The zero-order valence-electron chi connectivity index (χ0n) is 5.43. The van der Waals surface area contributed by atoms with Crippen molar-refractivity contribution in [2.75, 3.05) is 0 Å². The third kappa shape index (κ3) is 1.67. The molecule has 1 heterocycles. The Morgan fingerprint density at radius 1 is 1.70 bits per heavy atom. The van der Waals surface area contributed by atoms with Crippen molar-refractivity contribution in [3.63, 3.8) is 0 Å². The fraction of sp³-hybridized carbons (Fsp3) is 0.333. The minimum Gasteiger partial charge on any atom is -0.256 e. The van der Waals surface area contributed by atoms with Gasteiger partial charge in [0.2, 0.25) is 0 Å². The normalized spacial score (nSPS) is 9.90. The van der Waals surface area contributed by atoms with Crippen LogP contribution in [-0.2, 0) is 5.33 Å². The lowest BCUT2D eigenvalue weighted by atomic mass is 10.4. The maximum atomic E-state index is 5.60. The lowest BCUT2D eigenvalue weighted by Crippen LogP contribution is -1.93.